The molecule has 1 fully saturated rings. The van der Waals surface area contributed by atoms with Crippen molar-refractivity contribution in [1.82, 2.24) is 9.62 Å². The summed E-state index contributed by atoms with van der Waals surface area (Å²) < 4.78 is 24.0. The van der Waals surface area contributed by atoms with Crippen LogP contribution in [0.3, 0.4) is 0 Å². The number of hydrogen-bond acceptors (Lipinski definition) is 3. The van der Waals surface area contributed by atoms with Crippen molar-refractivity contribution in [2.75, 3.05) is 25.9 Å². The van der Waals surface area contributed by atoms with E-state index in [-0.39, 0.29) is 10.7 Å². The van der Waals surface area contributed by atoms with Gasteiger partial charge in [-0.1, -0.05) is 15.9 Å². The Morgan fingerprint density at radius 3 is 2.88 bits per heavy atom. The molecule has 1 N–H and O–H groups in total. The minimum Gasteiger partial charge on any atom is -0.342 e. The summed E-state index contributed by atoms with van der Waals surface area (Å²) in [6.07, 6.45) is 3.67. The molecule has 1 unspecified atom stereocenters. The van der Waals surface area contributed by atoms with Crippen LogP contribution in [0.1, 0.15) is 19.3 Å². The molecule has 1 heterocycles. The molecule has 5 nitrogen and oxygen atoms in total. The second-order valence-electron chi connectivity index (χ2n) is 3.96. The highest BCUT2D eigenvalue weighted by Crippen LogP contribution is 2.18. The molecule has 0 aromatic rings. The van der Waals surface area contributed by atoms with Gasteiger partial charge in [-0.05, 0) is 19.3 Å². The Bertz CT molecular complexity index is 345. The zero-order valence-electron chi connectivity index (χ0n) is 9.28. The predicted molar refractivity (Wildman–Crippen MR) is 66.0 cm³/mol. The Hall–Kier alpha value is -0.140. The summed E-state index contributed by atoms with van der Waals surface area (Å²) in [7, 11) is -3.11. The summed E-state index contributed by atoms with van der Waals surface area (Å²) in [6, 6.07) is 0. The lowest BCUT2D eigenvalue weighted by Gasteiger charge is -2.29. The Balaban J connectivity index is 2.25. The molecule has 0 bridgehead atoms. The number of piperidine rings is 1. The molecule has 0 radical (unpaired) electrons. The van der Waals surface area contributed by atoms with Gasteiger partial charge in [-0.25, -0.2) is 13.1 Å². The number of sulfonamides is 1. The average Bonchev–Trinajstić information content (AvgIpc) is 2.17. The van der Waals surface area contributed by atoms with Gasteiger partial charge < -0.3 is 4.90 Å². The lowest BCUT2D eigenvalue weighted by molar-refractivity contribution is -0.132. The first-order chi connectivity index (χ1) is 7.40. The minimum atomic E-state index is -3.11. The topological polar surface area (TPSA) is 66.5 Å². The van der Waals surface area contributed by atoms with Crippen molar-refractivity contribution >= 4 is 31.9 Å². The summed E-state index contributed by atoms with van der Waals surface area (Å²) in [5, 5.41) is 0. The second-order valence-corrected chi connectivity index (χ2v) is 6.89. The van der Waals surface area contributed by atoms with E-state index < -0.39 is 10.0 Å². The zero-order valence-corrected chi connectivity index (χ0v) is 11.7. The van der Waals surface area contributed by atoms with E-state index in [1.165, 1.54) is 0 Å². The summed E-state index contributed by atoms with van der Waals surface area (Å²) in [5.74, 6) is 0.116. The molecule has 16 heavy (non-hydrogen) atoms. The number of likely N-dealkylation sites (tertiary alicyclic amines) is 1. The lowest BCUT2D eigenvalue weighted by atomic mass is 10.1. The van der Waals surface area contributed by atoms with Crippen LogP contribution in [0.15, 0.2) is 0 Å². The van der Waals surface area contributed by atoms with Gasteiger partial charge in [0, 0.05) is 19.6 Å². The molecule has 1 rings (SSSR count). The highest BCUT2D eigenvalue weighted by atomic mass is 79.9. The average molecular weight is 313 g/mol. The van der Waals surface area contributed by atoms with E-state index in [4.69, 9.17) is 0 Å². The number of hydrogen-bond donors (Lipinski definition) is 1. The summed E-state index contributed by atoms with van der Waals surface area (Å²) >= 11 is 3.33. The second kappa shape index (κ2) is 5.97. The normalized spacial score (nSPS) is 22.5. The van der Waals surface area contributed by atoms with Gasteiger partial charge >= 0.3 is 0 Å². The number of alkyl halides is 1. The monoisotopic (exact) mass is 312 g/mol. The Labute approximate surface area is 105 Å². The van der Waals surface area contributed by atoms with Crippen LogP contribution in [-0.4, -0.2) is 49.9 Å². The van der Waals surface area contributed by atoms with Gasteiger partial charge in [-0.15, -0.1) is 0 Å². The summed E-state index contributed by atoms with van der Waals surface area (Å²) in [5.41, 5.74) is 0. The molecule has 1 atom stereocenters. The molecule has 0 aromatic heterocycles. The largest absolute Gasteiger partial charge is 0.342 e. The van der Waals surface area contributed by atoms with Gasteiger partial charge in [-0.3, -0.25) is 4.79 Å². The minimum absolute atomic E-state index is 0.0656. The third kappa shape index (κ3) is 4.80. The van der Waals surface area contributed by atoms with Crippen LogP contribution >= 0.6 is 15.9 Å². The van der Waals surface area contributed by atoms with Crippen LogP contribution < -0.4 is 4.72 Å². The van der Waals surface area contributed by atoms with Crippen molar-refractivity contribution in [2.24, 2.45) is 0 Å². The Kier molecular flexibility index (Phi) is 5.20. The first kappa shape index (κ1) is 13.9. The fourth-order valence-electron chi connectivity index (χ4n) is 1.64. The molecule has 0 spiro atoms. The van der Waals surface area contributed by atoms with Crippen molar-refractivity contribution < 1.29 is 13.2 Å². The third-order valence-electron chi connectivity index (χ3n) is 2.43. The van der Waals surface area contributed by atoms with Crippen molar-refractivity contribution in [3.05, 3.63) is 0 Å². The van der Waals surface area contributed by atoms with E-state index in [1.807, 2.05) is 0 Å². The number of rotatable bonds is 5. The summed E-state index contributed by atoms with van der Waals surface area (Å²) in [6.45, 7) is 1.78. The molecule has 1 amide bonds. The first-order valence-corrected chi connectivity index (χ1v) is 8.08. The van der Waals surface area contributed by atoms with Gasteiger partial charge in [0.25, 0.3) is 0 Å². The van der Waals surface area contributed by atoms with Gasteiger partial charge in [-0.2, -0.15) is 0 Å². The molecule has 1 aliphatic rings. The maximum absolute atomic E-state index is 11.7. The maximum Gasteiger partial charge on any atom is 0.236 e. The molecule has 0 aromatic carbocycles. The number of carbonyl (C=O) groups excluding carboxylic acids is 1. The Morgan fingerprint density at radius 2 is 2.25 bits per heavy atom. The Morgan fingerprint density at radius 1 is 1.56 bits per heavy atom. The third-order valence-corrected chi connectivity index (χ3v) is 4.01. The van der Waals surface area contributed by atoms with E-state index >= 15 is 0 Å². The fraction of sp³-hybridized carbons (Fsp3) is 0.889. The van der Waals surface area contributed by atoms with Crippen LogP contribution in [0.5, 0.6) is 0 Å². The van der Waals surface area contributed by atoms with E-state index in [0.717, 1.165) is 25.6 Å². The van der Waals surface area contributed by atoms with Crippen LogP contribution in [0.25, 0.3) is 0 Å². The van der Waals surface area contributed by atoms with Gasteiger partial charge in [0.15, 0.2) is 0 Å². The molecular formula is C9H17BrN2O3S. The van der Waals surface area contributed by atoms with E-state index in [2.05, 4.69) is 20.7 Å². The number of halogens is 1. The van der Waals surface area contributed by atoms with Crippen LogP contribution in [-0.2, 0) is 14.8 Å². The molecule has 1 aliphatic heterocycles. The maximum atomic E-state index is 11.7. The molecule has 0 aliphatic carbocycles. The molecule has 1 saturated heterocycles. The summed E-state index contributed by atoms with van der Waals surface area (Å²) in [4.78, 5) is 13.4. The highest BCUT2D eigenvalue weighted by molar-refractivity contribution is 9.10. The predicted octanol–water partition coefficient (Wildman–Crippen LogP) is 0.312. The SMILES string of the molecule is CS(=O)(=O)NCCCN1CCCC(Br)C1=O. The first-order valence-electron chi connectivity index (χ1n) is 5.27. The smallest absolute Gasteiger partial charge is 0.236 e. The number of carbonyl (C=O) groups is 1. The lowest BCUT2D eigenvalue weighted by Crippen LogP contribution is -2.42. The molecule has 0 saturated carbocycles. The van der Waals surface area contributed by atoms with Crippen LogP contribution in [0, 0.1) is 0 Å². The molecule has 7 heteroatoms. The quantitative estimate of drug-likeness (QED) is 0.587. The molecule has 94 valence electrons. The van der Waals surface area contributed by atoms with E-state index in [0.29, 0.717) is 19.5 Å². The van der Waals surface area contributed by atoms with Crippen molar-refractivity contribution in [1.29, 1.82) is 0 Å². The van der Waals surface area contributed by atoms with Crippen molar-refractivity contribution in [3.8, 4) is 0 Å². The van der Waals surface area contributed by atoms with Crippen LogP contribution in [0.4, 0.5) is 0 Å². The number of nitrogens with zero attached hydrogens (tertiary/aromatic N) is 1. The van der Waals surface area contributed by atoms with Gasteiger partial charge in [0.1, 0.15) is 0 Å². The van der Waals surface area contributed by atoms with E-state index in [1.54, 1.807) is 4.90 Å². The van der Waals surface area contributed by atoms with Crippen molar-refractivity contribution in [3.63, 3.8) is 0 Å². The van der Waals surface area contributed by atoms with E-state index in [9.17, 15) is 13.2 Å². The number of nitrogens with one attached hydrogen (secondary N) is 1. The van der Waals surface area contributed by atoms with Gasteiger partial charge in [0.2, 0.25) is 15.9 Å². The highest BCUT2D eigenvalue weighted by Gasteiger charge is 2.25. The zero-order chi connectivity index (χ0) is 12.2. The molecular weight excluding hydrogens is 296 g/mol. The van der Waals surface area contributed by atoms with Gasteiger partial charge in [0.05, 0.1) is 11.1 Å². The van der Waals surface area contributed by atoms with Crippen molar-refractivity contribution in [2.45, 2.75) is 24.1 Å². The number of amides is 1. The van der Waals surface area contributed by atoms with Crippen LogP contribution in [0.2, 0.25) is 0 Å². The standard InChI is InChI=1S/C9H17BrN2O3S/c1-16(14,15)11-5-3-7-12-6-2-4-8(10)9(12)13/h8,11H,2-7H2,1H3. The fourth-order valence-corrected chi connectivity index (χ4v) is 2.77.